The minimum atomic E-state index is -0.397. The summed E-state index contributed by atoms with van der Waals surface area (Å²) in [6, 6.07) is 1.74. The molecule has 0 amide bonds. The van der Waals surface area contributed by atoms with Gasteiger partial charge in [0.1, 0.15) is 5.60 Å². The molecule has 1 N–H and O–H groups in total. The van der Waals surface area contributed by atoms with Crippen LogP contribution in [-0.2, 0) is 10.3 Å². The molecule has 2 aliphatic heterocycles. The van der Waals surface area contributed by atoms with Crippen molar-refractivity contribution in [2.45, 2.75) is 18.4 Å². The molecule has 0 atom stereocenters. The van der Waals surface area contributed by atoms with Gasteiger partial charge in [0.2, 0.25) is 0 Å². The Kier molecular flexibility index (Phi) is 1.79. The van der Waals surface area contributed by atoms with Crippen LogP contribution >= 0.6 is 0 Å². The number of carbonyl (C=O) groups is 1. The highest BCUT2D eigenvalue weighted by Crippen LogP contribution is 2.42. The molecule has 0 unspecified atom stereocenters. The largest absolute Gasteiger partial charge is 0.450 e. The van der Waals surface area contributed by atoms with E-state index >= 15 is 0 Å². The zero-order chi connectivity index (χ0) is 10.3. The first-order valence-electron chi connectivity index (χ1n) is 5.20. The van der Waals surface area contributed by atoms with Crippen molar-refractivity contribution in [3.8, 4) is 0 Å². The van der Waals surface area contributed by atoms with Gasteiger partial charge in [-0.25, -0.2) is 4.79 Å². The van der Waals surface area contributed by atoms with Crippen LogP contribution in [0.1, 0.15) is 28.8 Å². The average molecular weight is 204 g/mol. The Morgan fingerprint density at radius 2 is 2.20 bits per heavy atom. The Balaban J connectivity index is 2.10. The van der Waals surface area contributed by atoms with Crippen LogP contribution in [0.4, 0.5) is 0 Å². The van der Waals surface area contributed by atoms with E-state index in [0.717, 1.165) is 31.5 Å². The summed E-state index contributed by atoms with van der Waals surface area (Å²) in [6.07, 6.45) is 5.10. The molecule has 0 aliphatic carbocycles. The Hall–Kier alpha value is -1.42. The van der Waals surface area contributed by atoms with E-state index in [1.54, 1.807) is 18.5 Å². The van der Waals surface area contributed by atoms with Crippen molar-refractivity contribution in [3.63, 3.8) is 0 Å². The molecule has 0 bridgehead atoms. The lowest BCUT2D eigenvalue weighted by Crippen LogP contribution is -2.40. The minimum Gasteiger partial charge on any atom is -0.450 e. The van der Waals surface area contributed by atoms with Gasteiger partial charge in [0.05, 0.1) is 5.56 Å². The van der Waals surface area contributed by atoms with Crippen LogP contribution in [0, 0.1) is 0 Å². The van der Waals surface area contributed by atoms with Gasteiger partial charge in [-0.15, -0.1) is 0 Å². The van der Waals surface area contributed by atoms with E-state index in [0.29, 0.717) is 5.56 Å². The van der Waals surface area contributed by atoms with Gasteiger partial charge in [-0.3, -0.25) is 4.98 Å². The van der Waals surface area contributed by atoms with E-state index < -0.39 is 5.60 Å². The summed E-state index contributed by atoms with van der Waals surface area (Å²) in [6.45, 7) is 1.78. The number of pyridine rings is 1. The summed E-state index contributed by atoms with van der Waals surface area (Å²) in [5, 5.41) is 3.27. The number of fused-ring (bicyclic) bond motifs is 2. The number of ether oxygens (including phenoxy) is 1. The Morgan fingerprint density at radius 3 is 3.00 bits per heavy atom. The van der Waals surface area contributed by atoms with Gasteiger partial charge in [-0.05, 0) is 19.2 Å². The zero-order valence-corrected chi connectivity index (χ0v) is 8.32. The molecule has 0 radical (unpaired) electrons. The van der Waals surface area contributed by atoms with Crippen molar-refractivity contribution < 1.29 is 9.53 Å². The predicted molar refractivity (Wildman–Crippen MR) is 53.4 cm³/mol. The third-order valence-electron chi connectivity index (χ3n) is 3.23. The predicted octanol–water partition coefficient (Wildman–Crippen LogP) is 0.831. The number of aromatic nitrogens is 1. The smallest absolute Gasteiger partial charge is 0.339 e. The number of carbonyl (C=O) groups excluding carboxylic acids is 1. The number of esters is 1. The highest BCUT2D eigenvalue weighted by molar-refractivity contribution is 5.94. The maximum Gasteiger partial charge on any atom is 0.339 e. The van der Waals surface area contributed by atoms with Crippen molar-refractivity contribution in [2.75, 3.05) is 13.1 Å². The molecule has 0 aromatic carbocycles. The minimum absolute atomic E-state index is 0.200. The molecule has 15 heavy (non-hydrogen) atoms. The van der Waals surface area contributed by atoms with Crippen molar-refractivity contribution in [1.29, 1.82) is 0 Å². The molecule has 1 aromatic heterocycles. The topological polar surface area (TPSA) is 51.2 Å². The summed E-state index contributed by atoms with van der Waals surface area (Å²) >= 11 is 0. The van der Waals surface area contributed by atoms with Crippen LogP contribution in [0.3, 0.4) is 0 Å². The summed E-state index contributed by atoms with van der Waals surface area (Å²) in [4.78, 5) is 15.8. The zero-order valence-electron chi connectivity index (χ0n) is 8.32. The second kappa shape index (κ2) is 3.03. The lowest BCUT2D eigenvalue weighted by atomic mass is 9.85. The summed E-state index contributed by atoms with van der Waals surface area (Å²) in [7, 11) is 0. The highest BCUT2D eigenvalue weighted by atomic mass is 16.6. The molecule has 4 heteroatoms. The number of nitrogens with zero attached hydrogens (tertiary/aromatic N) is 1. The molecule has 2 aliphatic rings. The van der Waals surface area contributed by atoms with Crippen LogP contribution in [0.5, 0.6) is 0 Å². The fraction of sp³-hybridized carbons (Fsp3) is 0.455. The fourth-order valence-corrected chi connectivity index (χ4v) is 2.42. The number of rotatable bonds is 0. The molecule has 1 saturated heterocycles. The van der Waals surface area contributed by atoms with Crippen LogP contribution in [-0.4, -0.2) is 24.0 Å². The van der Waals surface area contributed by atoms with Crippen molar-refractivity contribution in [2.24, 2.45) is 0 Å². The molecule has 3 heterocycles. The lowest BCUT2D eigenvalue weighted by molar-refractivity contribution is -0.0242. The molecule has 3 rings (SSSR count). The van der Waals surface area contributed by atoms with E-state index in [2.05, 4.69) is 10.3 Å². The highest BCUT2D eigenvalue weighted by Gasteiger charge is 2.46. The van der Waals surface area contributed by atoms with Crippen LogP contribution in [0.2, 0.25) is 0 Å². The van der Waals surface area contributed by atoms with Crippen LogP contribution in [0.25, 0.3) is 0 Å². The van der Waals surface area contributed by atoms with Gasteiger partial charge < -0.3 is 10.1 Å². The normalized spacial score (nSPS) is 22.5. The SMILES string of the molecule is O=C1OC2(CCNCC2)c2cnccc21. The second-order valence-electron chi connectivity index (χ2n) is 4.06. The van der Waals surface area contributed by atoms with Crippen molar-refractivity contribution in [3.05, 3.63) is 29.6 Å². The van der Waals surface area contributed by atoms with Gasteiger partial charge in [-0.1, -0.05) is 0 Å². The van der Waals surface area contributed by atoms with E-state index in [-0.39, 0.29) is 5.97 Å². The average Bonchev–Trinajstić information content (AvgIpc) is 2.55. The Morgan fingerprint density at radius 1 is 1.40 bits per heavy atom. The molecule has 1 spiro atoms. The molecule has 1 aromatic rings. The Labute approximate surface area is 87.7 Å². The fourth-order valence-electron chi connectivity index (χ4n) is 2.42. The van der Waals surface area contributed by atoms with Crippen molar-refractivity contribution in [1.82, 2.24) is 10.3 Å². The quantitative estimate of drug-likeness (QED) is 0.636. The first kappa shape index (κ1) is 8.85. The van der Waals surface area contributed by atoms with Crippen molar-refractivity contribution >= 4 is 5.97 Å². The summed E-state index contributed by atoms with van der Waals surface area (Å²) in [5.74, 6) is -0.200. The maximum absolute atomic E-state index is 11.7. The number of nitrogens with one attached hydrogen (secondary N) is 1. The molecular formula is C11H12N2O2. The third kappa shape index (κ3) is 1.18. The third-order valence-corrected chi connectivity index (χ3v) is 3.23. The second-order valence-corrected chi connectivity index (χ2v) is 4.06. The van der Waals surface area contributed by atoms with Crippen LogP contribution in [0.15, 0.2) is 18.5 Å². The van der Waals surface area contributed by atoms with Gasteiger partial charge in [0, 0.05) is 30.8 Å². The number of hydrogen-bond donors (Lipinski definition) is 1. The van der Waals surface area contributed by atoms with Gasteiger partial charge in [0.25, 0.3) is 0 Å². The van der Waals surface area contributed by atoms with E-state index in [1.807, 2.05) is 0 Å². The molecular weight excluding hydrogens is 192 g/mol. The Bertz CT molecular complexity index is 411. The number of piperidine rings is 1. The monoisotopic (exact) mass is 204 g/mol. The van der Waals surface area contributed by atoms with Crippen LogP contribution < -0.4 is 5.32 Å². The molecule has 78 valence electrons. The maximum atomic E-state index is 11.7. The number of hydrogen-bond acceptors (Lipinski definition) is 4. The molecule has 4 nitrogen and oxygen atoms in total. The first-order valence-corrected chi connectivity index (χ1v) is 5.20. The van der Waals surface area contributed by atoms with E-state index in [9.17, 15) is 4.79 Å². The van der Waals surface area contributed by atoms with Gasteiger partial charge in [-0.2, -0.15) is 0 Å². The van der Waals surface area contributed by atoms with Gasteiger partial charge in [0.15, 0.2) is 0 Å². The lowest BCUT2D eigenvalue weighted by Gasteiger charge is -2.32. The standard InChI is InChI=1S/C11H12N2O2/c14-10-8-1-4-13-7-9(8)11(15-10)2-5-12-6-3-11/h1,4,7,12H,2-3,5-6H2. The van der Waals surface area contributed by atoms with E-state index in [1.165, 1.54) is 0 Å². The first-order chi connectivity index (χ1) is 7.32. The van der Waals surface area contributed by atoms with E-state index in [4.69, 9.17) is 4.74 Å². The molecule has 0 saturated carbocycles. The summed E-state index contributed by atoms with van der Waals surface area (Å²) < 4.78 is 5.54. The van der Waals surface area contributed by atoms with Gasteiger partial charge >= 0.3 is 5.97 Å². The summed E-state index contributed by atoms with van der Waals surface area (Å²) in [5.41, 5.74) is 1.26. The molecule has 1 fully saturated rings.